The minimum Gasteiger partial charge on any atom is -0.480 e. The van der Waals surface area contributed by atoms with Crippen molar-refractivity contribution in [2.24, 2.45) is 0 Å². The van der Waals surface area contributed by atoms with Gasteiger partial charge >= 0.3 is 12.1 Å². The average molecular weight is 363 g/mol. The summed E-state index contributed by atoms with van der Waals surface area (Å²) >= 11 is 0. The zero-order valence-corrected chi connectivity index (χ0v) is 14.1. The third kappa shape index (κ3) is 5.76. The summed E-state index contributed by atoms with van der Waals surface area (Å²) in [6.45, 7) is -0.357. The number of nitrogens with zero attached hydrogens (tertiary/aromatic N) is 1. The maximum absolute atomic E-state index is 12.2. The van der Waals surface area contributed by atoms with Crippen LogP contribution in [0.5, 0.6) is 0 Å². The topological polar surface area (TPSA) is 125 Å². The minimum atomic E-state index is -1.17. The molecule has 1 atom stereocenters. The zero-order valence-electron chi connectivity index (χ0n) is 14.1. The number of carbonyl (C=O) groups excluding carboxylic acids is 3. The number of hydrogen-bond acceptors (Lipinski definition) is 5. The van der Waals surface area contributed by atoms with Gasteiger partial charge in [0.25, 0.3) is 0 Å². The first-order valence-corrected chi connectivity index (χ1v) is 8.21. The number of likely N-dealkylation sites (tertiary alicyclic amines) is 1. The van der Waals surface area contributed by atoms with Crippen LogP contribution in [0.2, 0.25) is 0 Å². The lowest BCUT2D eigenvalue weighted by molar-refractivity contribution is -0.137. The van der Waals surface area contributed by atoms with Crippen molar-refractivity contribution in [3.8, 4) is 0 Å². The Hall–Kier alpha value is -3.10. The molecule has 0 aromatic heterocycles. The van der Waals surface area contributed by atoms with Crippen LogP contribution in [0, 0.1) is 0 Å². The summed E-state index contributed by atoms with van der Waals surface area (Å²) in [6.07, 6.45) is 0.550. The van der Waals surface area contributed by atoms with Crippen molar-refractivity contribution in [2.45, 2.75) is 25.5 Å². The van der Waals surface area contributed by atoms with E-state index < -0.39 is 36.5 Å². The van der Waals surface area contributed by atoms with E-state index in [1.807, 2.05) is 30.3 Å². The average Bonchev–Trinajstić information content (AvgIpc) is 3.13. The molecule has 0 bridgehead atoms. The standard InChI is InChI=1S/C17H21N3O6/c21-14(18-10-15(22)23)9-19-16(24)13-7-4-8-20(13)17(25)26-11-12-5-2-1-3-6-12/h1-3,5-6,13H,4,7-11H2,(H,18,21)(H,19,24)(H,22,23)/t13-/m0/s1. The molecule has 1 aromatic carbocycles. The number of aliphatic carboxylic acids is 1. The maximum Gasteiger partial charge on any atom is 0.410 e. The van der Waals surface area contributed by atoms with E-state index in [0.29, 0.717) is 19.4 Å². The fraction of sp³-hybridized carbons (Fsp3) is 0.412. The first-order valence-electron chi connectivity index (χ1n) is 8.21. The number of nitrogens with one attached hydrogen (secondary N) is 2. The lowest BCUT2D eigenvalue weighted by atomic mass is 10.2. The number of benzene rings is 1. The van der Waals surface area contributed by atoms with E-state index in [1.54, 1.807) is 0 Å². The molecule has 1 fully saturated rings. The molecule has 1 aliphatic heterocycles. The number of hydrogen-bond donors (Lipinski definition) is 3. The van der Waals surface area contributed by atoms with Gasteiger partial charge < -0.3 is 20.5 Å². The van der Waals surface area contributed by atoms with E-state index in [2.05, 4.69) is 10.6 Å². The van der Waals surface area contributed by atoms with Gasteiger partial charge in [-0.25, -0.2) is 4.79 Å². The van der Waals surface area contributed by atoms with Gasteiger partial charge in [0.2, 0.25) is 11.8 Å². The van der Waals surface area contributed by atoms with Gasteiger partial charge in [0.15, 0.2) is 0 Å². The van der Waals surface area contributed by atoms with Crippen molar-refractivity contribution in [3.05, 3.63) is 35.9 Å². The van der Waals surface area contributed by atoms with Gasteiger partial charge in [0.1, 0.15) is 19.2 Å². The van der Waals surface area contributed by atoms with Gasteiger partial charge in [-0.1, -0.05) is 30.3 Å². The van der Waals surface area contributed by atoms with Crippen molar-refractivity contribution in [1.29, 1.82) is 0 Å². The van der Waals surface area contributed by atoms with E-state index >= 15 is 0 Å². The third-order valence-electron chi connectivity index (χ3n) is 3.86. The zero-order chi connectivity index (χ0) is 18.9. The smallest absolute Gasteiger partial charge is 0.410 e. The van der Waals surface area contributed by atoms with Crippen molar-refractivity contribution in [2.75, 3.05) is 19.6 Å². The fourth-order valence-corrected chi connectivity index (χ4v) is 2.58. The number of ether oxygens (including phenoxy) is 1. The Morgan fingerprint density at radius 3 is 2.54 bits per heavy atom. The van der Waals surface area contributed by atoms with Crippen LogP contribution in [0.25, 0.3) is 0 Å². The molecule has 2 rings (SSSR count). The van der Waals surface area contributed by atoms with E-state index in [0.717, 1.165) is 5.56 Å². The molecule has 0 spiro atoms. The monoisotopic (exact) mass is 363 g/mol. The molecule has 1 aromatic rings. The van der Waals surface area contributed by atoms with E-state index in [4.69, 9.17) is 9.84 Å². The van der Waals surface area contributed by atoms with E-state index in [9.17, 15) is 19.2 Å². The van der Waals surface area contributed by atoms with Gasteiger partial charge in [-0.15, -0.1) is 0 Å². The number of rotatable bonds is 7. The molecule has 0 radical (unpaired) electrons. The second-order valence-corrected chi connectivity index (χ2v) is 5.78. The summed E-state index contributed by atoms with van der Waals surface area (Å²) in [5.41, 5.74) is 0.844. The second-order valence-electron chi connectivity index (χ2n) is 5.78. The molecule has 0 saturated carbocycles. The maximum atomic E-state index is 12.2. The van der Waals surface area contributed by atoms with Crippen LogP contribution in [0.4, 0.5) is 4.79 Å². The molecular weight excluding hydrogens is 342 g/mol. The van der Waals surface area contributed by atoms with Gasteiger partial charge in [0, 0.05) is 6.54 Å². The summed E-state index contributed by atoms with van der Waals surface area (Å²) in [6, 6.07) is 8.49. The Morgan fingerprint density at radius 2 is 1.85 bits per heavy atom. The summed E-state index contributed by atoms with van der Waals surface area (Å²) < 4.78 is 5.25. The summed E-state index contributed by atoms with van der Waals surface area (Å²) in [7, 11) is 0. The SMILES string of the molecule is O=C(O)CNC(=O)CNC(=O)[C@@H]1CCCN1C(=O)OCc1ccccc1. The molecule has 1 heterocycles. The highest BCUT2D eigenvalue weighted by molar-refractivity contribution is 5.90. The molecule has 9 nitrogen and oxygen atoms in total. The molecule has 0 unspecified atom stereocenters. The van der Waals surface area contributed by atoms with Crippen LogP contribution in [-0.2, 0) is 25.7 Å². The Labute approximate surface area is 150 Å². The Balaban J connectivity index is 1.80. The van der Waals surface area contributed by atoms with Gasteiger partial charge in [-0.3, -0.25) is 19.3 Å². The normalized spacial score (nSPS) is 16.0. The van der Waals surface area contributed by atoms with E-state index in [1.165, 1.54) is 4.90 Å². The largest absolute Gasteiger partial charge is 0.480 e. The Morgan fingerprint density at radius 1 is 1.12 bits per heavy atom. The van der Waals surface area contributed by atoms with Crippen LogP contribution in [0.15, 0.2) is 30.3 Å². The fourth-order valence-electron chi connectivity index (χ4n) is 2.58. The number of carbonyl (C=O) groups is 4. The highest BCUT2D eigenvalue weighted by Gasteiger charge is 2.35. The molecule has 140 valence electrons. The summed E-state index contributed by atoms with van der Waals surface area (Å²) in [5, 5.41) is 13.0. The number of carboxylic acid groups (broad SMARTS) is 1. The lowest BCUT2D eigenvalue weighted by Gasteiger charge is -2.23. The lowest BCUT2D eigenvalue weighted by Crippen LogP contribution is -2.48. The molecule has 26 heavy (non-hydrogen) atoms. The molecule has 1 aliphatic rings. The Kier molecular flexibility index (Phi) is 6.95. The van der Waals surface area contributed by atoms with Crippen molar-refractivity contribution in [1.82, 2.24) is 15.5 Å². The first-order chi connectivity index (χ1) is 12.5. The Bertz CT molecular complexity index is 664. The van der Waals surface area contributed by atoms with Crippen molar-refractivity contribution >= 4 is 23.9 Å². The number of amides is 3. The second kappa shape index (κ2) is 9.40. The quantitative estimate of drug-likeness (QED) is 0.631. The van der Waals surface area contributed by atoms with Crippen LogP contribution in [-0.4, -0.2) is 59.6 Å². The van der Waals surface area contributed by atoms with E-state index in [-0.39, 0.29) is 13.2 Å². The van der Waals surface area contributed by atoms with Crippen LogP contribution >= 0.6 is 0 Å². The predicted molar refractivity (Wildman–Crippen MR) is 90.0 cm³/mol. The molecule has 0 aliphatic carbocycles. The predicted octanol–water partition coefficient (Wildman–Crippen LogP) is 0.105. The molecule has 9 heteroatoms. The summed E-state index contributed by atoms with van der Waals surface area (Å²) in [4.78, 5) is 47.6. The molecule has 3 amide bonds. The summed E-state index contributed by atoms with van der Waals surface area (Å²) in [5.74, 6) is -2.26. The van der Waals surface area contributed by atoms with Crippen LogP contribution in [0.3, 0.4) is 0 Å². The van der Waals surface area contributed by atoms with Gasteiger partial charge in [-0.05, 0) is 18.4 Å². The molecule has 1 saturated heterocycles. The first kappa shape index (κ1) is 19.2. The molecule has 3 N–H and O–H groups in total. The van der Waals surface area contributed by atoms with Gasteiger partial charge in [-0.2, -0.15) is 0 Å². The van der Waals surface area contributed by atoms with Gasteiger partial charge in [0.05, 0.1) is 6.54 Å². The highest BCUT2D eigenvalue weighted by Crippen LogP contribution is 2.19. The minimum absolute atomic E-state index is 0.113. The van der Waals surface area contributed by atoms with Crippen LogP contribution < -0.4 is 10.6 Å². The van der Waals surface area contributed by atoms with Crippen molar-refractivity contribution < 1.29 is 29.0 Å². The molecular formula is C17H21N3O6. The van der Waals surface area contributed by atoms with Crippen LogP contribution in [0.1, 0.15) is 18.4 Å². The third-order valence-corrected chi connectivity index (χ3v) is 3.86. The number of carboxylic acids is 1. The highest BCUT2D eigenvalue weighted by atomic mass is 16.6. The van der Waals surface area contributed by atoms with Crippen molar-refractivity contribution in [3.63, 3.8) is 0 Å².